The third-order valence-corrected chi connectivity index (χ3v) is 3.25. The molecule has 0 unspecified atom stereocenters. The molecule has 5 heteroatoms. The highest BCUT2D eigenvalue weighted by atomic mass is 127. The number of halogens is 2. The van der Waals surface area contributed by atoms with E-state index in [-0.39, 0.29) is 17.8 Å². The molecule has 0 aliphatic carbocycles. The van der Waals surface area contributed by atoms with Gasteiger partial charge in [0.25, 0.3) is 5.91 Å². The van der Waals surface area contributed by atoms with Gasteiger partial charge in [-0.2, -0.15) is 0 Å². The van der Waals surface area contributed by atoms with Crippen LogP contribution in [-0.2, 0) is 0 Å². The lowest BCUT2D eigenvalue weighted by Crippen LogP contribution is -2.57. The highest BCUT2D eigenvalue weighted by molar-refractivity contribution is 14.1. The molecular formula is C10H10FIN2O. The molecule has 0 spiro atoms. The Morgan fingerprint density at radius 2 is 2.20 bits per heavy atom. The van der Waals surface area contributed by atoms with Crippen LogP contribution in [0.25, 0.3) is 0 Å². The van der Waals surface area contributed by atoms with Crippen LogP contribution in [0.2, 0.25) is 0 Å². The average molecular weight is 320 g/mol. The molecule has 1 saturated heterocycles. The van der Waals surface area contributed by atoms with Gasteiger partial charge in [-0.05, 0) is 40.8 Å². The fourth-order valence-corrected chi connectivity index (χ4v) is 2.22. The summed E-state index contributed by atoms with van der Waals surface area (Å²) in [6.45, 7) is 1.18. The van der Waals surface area contributed by atoms with Crippen LogP contribution in [-0.4, -0.2) is 29.9 Å². The van der Waals surface area contributed by atoms with Gasteiger partial charge in [-0.1, -0.05) is 0 Å². The Bertz CT molecular complexity index is 404. The second-order valence-electron chi connectivity index (χ2n) is 3.59. The van der Waals surface area contributed by atoms with Crippen LogP contribution >= 0.6 is 22.6 Å². The van der Waals surface area contributed by atoms with Crippen molar-refractivity contribution in [3.63, 3.8) is 0 Å². The molecule has 0 atom stereocenters. The van der Waals surface area contributed by atoms with E-state index in [9.17, 15) is 9.18 Å². The minimum atomic E-state index is -0.323. The SMILES string of the molecule is NC1CN(C(=O)c2ccc(F)cc2I)C1. The molecule has 80 valence electrons. The van der Waals surface area contributed by atoms with Gasteiger partial charge < -0.3 is 10.6 Å². The van der Waals surface area contributed by atoms with Crippen LogP contribution in [0.5, 0.6) is 0 Å². The minimum Gasteiger partial charge on any atom is -0.335 e. The Morgan fingerprint density at radius 3 is 2.73 bits per heavy atom. The van der Waals surface area contributed by atoms with Crippen molar-refractivity contribution in [1.82, 2.24) is 4.90 Å². The molecule has 1 fully saturated rings. The Balaban J connectivity index is 2.19. The first-order chi connectivity index (χ1) is 7.08. The third kappa shape index (κ3) is 2.12. The zero-order chi connectivity index (χ0) is 11.0. The van der Waals surface area contributed by atoms with E-state index in [2.05, 4.69) is 0 Å². The first-order valence-corrected chi connectivity index (χ1v) is 5.65. The molecule has 2 rings (SSSR count). The summed E-state index contributed by atoms with van der Waals surface area (Å²) in [5.74, 6) is -0.391. The fraction of sp³-hybridized carbons (Fsp3) is 0.300. The lowest BCUT2D eigenvalue weighted by Gasteiger charge is -2.37. The zero-order valence-electron chi connectivity index (χ0n) is 7.91. The van der Waals surface area contributed by atoms with Gasteiger partial charge in [0.1, 0.15) is 5.82 Å². The van der Waals surface area contributed by atoms with Crippen molar-refractivity contribution in [3.8, 4) is 0 Å². The van der Waals surface area contributed by atoms with Crippen molar-refractivity contribution < 1.29 is 9.18 Å². The Labute approximate surface area is 101 Å². The van der Waals surface area contributed by atoms with Crippen LogP contribution in [0.4, 0.5) is 4.39 Å². The molecule has 0 radical (unpaired) electrons. The smallest absolute Gasteiger partial charge is 0.255 e. The van der Waals surface area contributed by atoms with Gasteiger partial charge in [0, 0.05) is 22.7 Å². The predicted molar refractivity (Wildman–Crippen MR) is 63.0 cm³/mol. The van der Waals surface area contributed by atoms with Crippen LogP contribution in [0, 0.1) is 9.39 Å². The molecule has 1 amide bonds. The fourth-order valence-electron chi connectivity index (χ4n) is 1.51. The predicted octanol–water partition coefficient (Wildman–Crippen LogP) is 1.21. The van der Waals surface area contributed by atoms with E-state index in [1.54, 1.807) is 4.90 Å². The third-order valence-electron chi connectivity index (χ3n) is 2.36. The monoisotopic (exact) mass is 320 g/mol. The molecule has 1 heterocycles. The van der Waals surface area contributed by atoms with Gasteiger partial charge in [0.15, 0.2) is 0 Å². The topological polar surface area (TPSA) is 46.3 Å². The highest BCUT2D eigenvalue weighted by Crippen LogP contribution is 2.18. The number of carbonyl (C=O) groups excluding carboxylic acids is 1. The van der Waals surface area contributed by atoms with Gasteiger partial charge >= 0.3 is 0 Å². The largest absolute Gasteiger partial charge is 0.335 e. The van der Waals surface area contributed by atoms with Crippen molar-refractivity contribution >= 4 is 28.5 Å². The Morgan fingerprint density at radius 1 is 1.53 bits per heavy atom. The number of nitrogens with zero attached hydrogens (tertiary/aromatic N) is 1. The summed E-state index contributed by atoms with van der Waals surface area (Å²) in [4.78, 5) is 13.5. The van der Waals surface area contributed by atoms with E-state index in [4.69, 9.17) is 5.73 Å². The number of hydrogen-bond acceptors (Lipinski definition) is 2. The lowest BCUT2D eigenvalue weighted by molar-refractivity contribution is 0.0607. The zero-order valence-corrected chi connectivity index (χ0v) is 10.1. The summed E-state index contributed by atoms with van der Waals surface area (Å²) in [5.41, 5.74) is 6.14. The molecule has 1 aliphatic heterocycles. The first kappa shape index (κ1) is 10.8. The summed E-state index contributed by atoms with van der Waals surface area (Å²) >= 11 is 1.96. The number of hydrogen-bond donors (Lipinski definition) is 1. The molecule has 0 saturated carbocycles. The first-order valence-electron chi connectivity index (χ1n) is 4.58. The van der Waals surface area contributed by atoms with Gasteiger partial charge in [-0.3, -0.25) is 4.79 Å². The Kier molecular flexibility index (Phi) is 2.92. The van der Waals surface area contributed by atoms with E-state index in [1.807, 2.05) is 22.6 Å². The number of rotatable bonds is 1. The van der Waals surface area contributed by atoms with Gasteiger partial charge in [-0.25, -0.2) is 4.39 Å². The summed E-state index contributed by atoms with van der Waals surface area (Å²) in [6, 6.07) is 4.26. The summed E-state index contributed by atoms with van der Waals surface area (Å²) in [5, 5.41) is 0. The number of benzene rings is 1. The summed E-state index contributed by atoms with van der Waals surface area (Å²) < 4.78 is 13.5. The van der Waals surface area contributed by atoms with E-state index < -0.39 is 0 Å². The van der Waals surface area contributed by atoms with Crippen LogP contribution in [0.1, 0.15) is 10.4 Å². The highest BCUT2D eigenvalue weighted by Gasteiger charge is 2.29. The number of likely N-dealkylation sites (tertiary alicyclic amines) is 1. The van der Waals surface area contributed by atoms with Crippen LogP contribution < -0.4 is 5.73 Å². The molecule has 1 aromatic rings. The van der Waals surface area contributed by atoms with Crippen molar-refractivity contribution in [3.05, 3.63) is 33.1 Å². The van der Waals surface area contributed by atoms with Gasteiger partial charge in [0.05, 0.1) is 5.56 Å². The molecule has 3 nitrogen and oxygen atoms in total. The van der Waals surface area contributed by atoms with Crippen molar-refractivity contribution in [2.75, 3.05) is 13.1 Å². The maximum atomic E-state index is 12.8. The molecule has 1 aliphatic rings. The summed E-state index contributed by atoms with van der Waals surface area (Å²) in [6.07, 6.45) is 0. The summed E-state index contributed by atoms with van der Waals surface area (Å²) in [7, 11) is 0. The maximum absolute atomic E-state index is 12.8. The van der Waals surface area contributed by atoms with E-state index in [0.717, 1.165) is 0 Å². The lowest BCUT2D eigenvalue weighted by atomic mass is 10.1. The van der Waals surface area contributed by atoms with Crippen molar-refractivity contribution in [2.45, 2.75) is 6.04 Å². The quantitative estimate of drug-likeness (QED) is 0.791. The number of nitrogens with two attached hydrogens (primary N) is 1. The minimum absolute atomic E-state index is 0.0684. The van der Waals surface area contributed by atoms with E-state index in [1.165, 1.54) is 18.2 Å². The number of amides is 1. The number of carbonyl (C=O) groups is 1. The second kappa shape index (κ2) is 4.05. The molecule has 0 aromatic heterocycles. The second-order valence-corrected chi connectivity index (χ2v) is 4.76. The molecule has 2 N–H and O–H groups in total. The molecule has 15 heavy (non-hydrogen) atoms. The van der Waals surface area contributed by atoms with Crippen LogP contribution in [0.15, 0.2) is 18.2 Å². The normalized spacial score (nSPS) is 16.3. The molecule has 0 bridgehead atoms. The van der Waals surface area contributed by atoms with Crippen LogP contribution in [0.3, 0.4) is 0 Å². The van der Waals surface area contributed by atoms with Crippen molar-refractivity contribution in [1.29, 1.82) is 0 Å². The van der Waals surface area contributed by atoms with Gasteiger partial charge in [-0.15, -0.1) is 0 Å². The molecule has 1 aromatic carbocycles. The maximum Gasteiger partial charge on any atom is 0.255 e. The van der Waals surface area contributed by atoms with Crippen molar-refractivity contribution in [2.24, 2.45) is 5.73 Å². The van der Waals surface area contributed by atoms with E-state index >= 15 is 0 Å². The van der Waals surface area contributed by atoms with Gasteiger partial charge in [0.2, 0.25) is 0 Å². The average Bonchev–Trinajstić information content (AvgIpc) is 2.12. The molecular weight excluding hydrogens is 310 g/mol. The Hall–Kier alpha value is -0.690. The standard InChI is InChI=1S/C10H10FIN2O/c11-6-1-2-8(9(12)3-6)10(15)14-4-7(13)5-14/h1-3,7H,4-5,13H2. The van der Waals surface area contributed by atoms with E-state index in [0.29, 0.717) is 22.2 Å².